The van der Waals surface area contributed by atoms with Crippen molar-refractivity contribution in [2.45, 2.75) is 12.4 Å². The number of carbonyl (C=O) groups is 2. The number of nitrogens with zero attached hydrogens (tertiary/aromatic N) is 2. The number of likely N-dealkylation sites (N-methyl/N-ethyl adjacent to an activating group) is 1. The Morgan fingerprint density at radius 2 is 1.64 bits per heavy atom. The molecule has 0 fully saturated rings. The SMILES string of the molecule is CN(C)CCN1C(=O)COc2ccc(NC(=O)c3cc(C(F)(F)F)cc(C(F)(F)F)c3)cc21. The van der Waals surface area contributed by atoms with E-state index in [2.05, 4.69) is 5.32 Å². The number of halogens is 6. The molecule has 178 valence electrons. The van der Waals surface area contributed by atoms with Crippen molar-refractivity contribution in [2.75, 3.05) is 44.0 Å². The fraction of sp³-hybridized carbons (Fsp3) is 0.333. The molecule has 1 aliphatic heterocycles. The van der Waals surface area contributed by atoms with Crippen LogP contribution >= 0.6 is 0 Å². The summed E-state index contributed by atoms with van der Waals surface area (Å²) in [4.78, 5) is 28.1. The quantitative estimate of drug-likeness (QED) is 0.657. The van der Waals surface area contributed by atoms with Crippen molar-refractivity contribution < 1.29 is 40.7 Å². The van der Waals surface area contributed by atoms with Crippen LogP contribution in [0.25, 0.3) is 0 Å². The molecule has 0 radical (unpaired) electrons. The van der Waals surface area contributed by atoms with Crippen molar-refractivity contribution in [2.24, 2.45) is 0 Å². The Bertz CT molecular complexity index is 1030. The van der Waals surface area contributed by atoms with E-state index in [1.54, 1.807) is 0 Å². The maximum Gasteiger partial charge on any atom is 0.416 e. The van der Waals surface area contributed by atoms with Gasteiger partial charge >= 0.3 is 12.4 Å². The van der Waals surface area contributed by atoms with Gasteiger partial charge in [0, 0.05) is 24.3 Å². The second-order valence-electron chi connectivity index (χ2n) is 7.57. The van der Waals surface area contributed by atoms with Gasteiger partial charge in [-0.3, -0.25) is 9.59 Å². The number of ether oxygens (including phenoxy) is 1. The van der Waals surface area contributed by atoms with Gasteiger partial charge < -0.3 is 19.9 Å². The second kappa shape index (κ2) is 8.93. The average molecular weight is 475 g/mol. The molecule has 0 atom stereocenters. The smallest absolute Gasteiger partial charge is 0.416 e. The molecule has 0 bridgehead atoms. The van der Waals surface area contributed by atoms with Crippen LogP contribution in [0.5, 0.6) is 5.75 Å². The van der Waals surface area contributed by atoms with E-state index in [0.717, 1.165) is 0 Å². The number of hydrogen-bond acceptors (Lipinski definition) is 4. The molecule has 1 aliphatic rings. The first-order valence-corrected chi connectivity index (χ1v) is 9.58. The van der Waals surface area contributed by atoms with Crippen LogP contribution in [-0.2, 0) is 17.1 Å². The Balaban J connectivity index is 1.92. The van der Waals surface area contributed by atoms with Gasteiger partial charge in [-0.1, -0.05) is 0 Å². The van der Waals surface area contributed by atoms with Crippen LogP contribution < -0.4 is 15.0 Å². The fourth-order valence-electron chi connectivity index (χ4n) is 3.11. The fourth-order valence-corrected chi connectivity index (χ4v) is 3.11. The molecule has 33 heavy (non-hydrogen) atoms. The van der Waals surface area contributed by atoms with Crippen LogP contribution in [0, 0.1) is 0 Å². The molecule has 3 rings (SSSR count). The van der Waals surface area contributed by atoms with Crippen LogP contribution in [0.1, 0.15) is 21.5 Å². The zero-order valence-electron chi connectivity index (χ0n) is 17.5. The summed E-state index contributed by atoms with van der Waals surface area (Å²) < 4.78 is 83.8. The molecule has 0 spiro atoms. The number of fused-ring (bicyclic) bond motifs is 1. The monoisotopic (exact) mass is 475 g/mol. The van der Waals surface area contributed by atoms with Crippen LogP contribution in [0.15, 0.2) is 36.4 Å². The molecule has 0 aromatic heterocycles. The molecule has 0 unspecified atom stereocenters. The van der Waals surface area contributed by atoms with Gasteiger partial charge in [-0.15, -0.1) is 0 Å². The Kier molecular flexibility index (Phi) is 6.59. The van der Waals surface area contributed by atoms with Crippen LogP contribution in [-0.4, -0.2) is 50.5 Å². The summed E-state index contributed by atoms with van der Waals surface area (Å²) in [5.41, 5.74) is -3.61. The number of anilines is 2. The number of benzene rings is 2. The van der Waals surface area contributed by atoms with E-state index in [1.165, 1.54) is 23.1 Å². The minimum Gasteiger partial charge on any atom is -0.482 e. The van der Waals surface area contributed by atoms with E-state index < -0.39 is 35.0 Å². The molecular weight excluding hydrogens is 456 g/mol. The predicted octanol–water partition coefficient (Wildman–Crippen LogP) is 4.26. The van der Waals surface area contributed by atoms with E-state index in [1.807, 2.05) is 19.0 Å². The maximum absolute atomic E-state index is 13.1. The second-order valence-corrected chi connectivity index (χ2v) is 7.57. The largest absolute Gasteiger partial charge is 0.482 e. The number of alkyl halides is 6. The van der Waals surface area contributed by atoms with Crippen molar-refractivity contribution in [1.82, 2.24) is 4.90 Å². The first-order chi connectivity index (χ1) is 15.3. The highest BCUT2D eigenvalue weighted by Gasteiger charge is 2.37. The molecular formula is C21H19F6N3O3. The normalized spacial score (nSPS) is 14.2. The number of hydrogen-bond donors (Lipinski definition) is 1. The highest BCUT2D eigenvalue weighted by Crippen LogP contribution is 2.37. The molecule has 2 aromatic rings. The molecule has 0 aliphatic carbocycles. The van der Waals surface area contributed by atoms with Crippen molar-refractivity contribution in [3.05, 3.63) is 53.1 Å². The number of nitrogens with one attached hydrogen (secondary N) is 1. The summed E-state index contributed by atoms with van der Waals surface area (Å²) in [6, 6.07) is 4.83. The van der Waals surface area contributed by atoms with Crippen LogP contribution in [0.4, 0.5) is 37.7 Å². The van der Waals surface area contributed by atoms with Gasteiger partial charge in [0.2, 0.25) is 0 Å². The number of rotatable bonds is 5. The van der Waals surface area contributed by atoms with Crippen molar-refractivity contribution >= 4 is 23.2 Å². The average Bonchev–Trinajstić information content (AvgIpc) is 2.71. The number of amides is 2. The molecule has 1 heterocycles. The number of carbonyl (C=O) groups excluding carboxylic acids is 2. The summed E-state index contributed by atoms with van der Waals surface area (Å²) in [6.07, 6.45) is -10.2. The molecule has 12 heteroatoms. The van der Waals surface area contributed by atoms with Crippen molar-refractivity contribution in [1.29, 1.82) is 0 Å². The summed E-state index contributed by atoms with van der Waals surface area (Å²) in [7, 11) is 3.62. The van der Waals surface area contributed by atoms with Gasteiger partial charge in [-0.25, -0.2) is 0 Å². The molecule has 0 saturated carbocycles. The molecule has 6 nitrogen and oxygen atoms in total. The van der Waals surface area contributed by atoms with Gasteiger partial charge in [0.25, 0.3) is 11.8 Å². The first-order valence-electron chi connectivity index (χ1n) is 9.58. The van der Waals surface area contributed by atoms with E-state index in [4.69, 9.17) is 4.74 Å². The van der Waals surface area contributed by atoms with Gasteiger partial charge in [0.1, 0.15) is 5.75 Å². The van der Waals surface area contributed by atoms with Crippen LogP contribution in [0.2, 0.25) is 0 Å². The lowest BCUT2D eigenvalue weighted by Crippen LogP contribution is -2.42. The Hall–Kier alpha value is -3.28. The third-order valence-electron chi connectivity index (χ3n) is 4.78. The highest BCUT2D eigenvalue weighted by atomic mass is 19.4. The van der Waals surface area contributed by atoms with Gasteiger partial charge in [-0.2, -0.15) is 26.3 Å². The van der Waals surface area contributed by atoms with E-state index in [9.17, 15) is 35.9 Å². The summed E-state index contributed by atoms with van der Waals surface area (Å²) in [6.45, 7) is 0.644. The Morgan fingerprint density at radius 1 is 1.03 bits per heavy atom. The zero-order valence-corrected chi connectivity index (χ0v) is 17.5. The lowest BCUT2D eigenvalue weighted by atomic mass is 10.0. The van der Waals surface area contributed by atoms with E-state index >= 15 is 0 Å². The van der Waals surface area contributed by atoms with E-state index in [0.29, 0.717) is 36.7 Å². The lowest BCUT2D eigenvalue weighted by molar-refractivity contribution is -0.143. The van der Waals surface area contributed by atoms with Crippen molar-refractivity contribution in [3.63, 3.8) is 0 Å². The molecule has 1 N–H and O–H groups in total. The third-order valence-corrected chi connectivity index (χ3v) is 4.78. The minimum atomic E-state index is -5.08. The van der Waals surface area contributed by atoms with Crippen molar-refractivity contribution in [3.8, 4) is 5.75 Å². The van der Waals surface area contributed by atoms with E-state index in [-0.39, 0.29) is 24.3 Å². The molecule has 2 amide bonds. The van der Waals surface area contributed by atoms with Gasteiger partial charge in [-0.05, 0) is 50.5 Å². The topological polar surface area (TPSA) is 61.9 Å². The lowest BCUT2D eigenvalue weighted by Gasteiger charge is -2.30. The Morgan fingerprint density at radius 3 is 2.18 bits per heavy atom. The molecule has 0 saturated heterocycles. The predicted molar refractivity (Wildman–Crippen MR) is 107 cm³/mol. The zero-order chi connectivity index (χ0) is 24.6. The summed E-state index contributed by atoms with van der Waals surface area (Å²) in [5.74, 6) is -1.15. The highest BCUT2D eigenvalue weighted by molar-refractivity contribution is 6.05. The minimum absolute atomic E-state index is 0.0543. The molecule has 2 aromatic carbocycles. The van der Waals surface area contributed by atoms with Gasteiger partial charge in [0.15, 0.2) is 6.61 Å². The maximum atomic E-state index is 13.1. The van der Waals surface area contributed by atoms with Gasteiger partial charge in [0.05, 0.1) is 16.8 Å². The summed E-state index contributed by atoms with van der Waals surface area (Å²) in [5, 5.41) is 2.29. The standard InChI is InChI=1S/C21H19F6N3O3/c1-29(2)5-6-30-16-10-15(3-4-17(16)33-11-18(30)31)28-19(32)12-7-13(20(22,23)24)9-14(8-12)21(25,26)27/h3-4,7-10H,5-6,11H2,1-2H3,(H,28,32). The third kappa shape index (κ3) is 5.75. The summed E-state index contributed by atoms with van der Waals surface area (Å²) >= 11 is 0. The first kappa shape index (κ1) is 24.4. The van der Waals surface area contributed by atoms with Crippen LogP contribution in [0.3, 0.4) is 0 Å². The Labute approximate surface area is 184 Å².